The van der Waals surface area contributed by atoms with E-state index in [1.807, 2.05) is 12.3 Å². The van der Waals surface area contributed by atoms with E-state index < -0.39 is 0 Å². The zero-order valence-electron chi connectivity index (χ0n) is 12.7. The van der Waals surface area contributed by atoms with Crippen molar-refractivity contribution < 1.29 is 0 Å². The van der Waals surface area contributed by atoms with E-state index in [1.54, 1.807) is 17.5 Å². The summed E-state index contributed by atoms with van der Waals surface area (Å²) in [5.41, 5.74) is 1.12. The maximum absolute atomic E-state index is 4.63. The van der Waals surface area contributed by atoms with Crippen LogP contribution in [0.15, 0.2) is 17.6 Å². The van der Waals surface area contributed by atoms with Crippen molar-refractivity contribution in [1.82, 2.24) is 19.9 Å². The predicted molar refractivity (Wildman–Crippen MR) is 85.9 cm³/mol. The highest BCUT2D eigenvalue weighted by atomic mass is 32.1. The molecule has 0 amide bonds. The van der Waals surface area contributed by atoms with Crippen molar-refractivity contribution in [2.45, 2.75) is 33.2 Å². The van der Waals surface area contributed by atoms with Gasteiger partial charge in [-0.25, -0.2) is 15.0 Å². The number of anilines is 2. The molecule has 1 saturated heterocycles. The fraction of sp³-hybridized carbons (Fsp3) is 0.533. The van der Waals surface area contributed by atoms with E-state index in [-0.39, 0.29) is 0 Å². The van der Waals surface area contributed by atoms with Gasteiger partial charge < -0.3 is 5.32 Å². The average molecular weight is 303 g/mol. The second kappa shape index (κ2) is 6.07. The molecule has 1 aliphatic rings. The first-order valence-corrected chi connectivity index (χ1v) is 8.26. The van der Waals surface area contributed by atoms with Gasteiger partial charge in [0.2, 0.25) is 0 Å². The van der Waals surface area contributed by atoms with Crippen LogP contribution in [0.25, 0.3) is 0 Å². The van der Waals surface area contributed by atoms with Crippen LogP contribution >= 0.6 is 11.3 Å². The molecule has 3 rings (SSSR count). The van der Waals surface area contributed by atoms with Crippen molar-refractivity contribution in [2.24, 2.45) is 5.92 Å². The fourth-order valence-corrected chi connectivity index (χ4v) is 3.22. The molecule has 1 aliphatic heterocycles. The Bertz CT molecular complexity index is 596. The predicted octanol–water partition coefficient (Wildman–Crippen LogP) is 3.39. The minimum atomic E-state index is 0.436. The Morgan fingerprint density at radius 3 is 2.90 bits per heavy atom. The second-order valence-electron chi connectivity index (χ2n) is 5.88. The number of likely N-dealkylation sites (tertiary alicyclic amines) is 1. The summed E-state index contributed by atoms with van der Waals surface area (Å²) in [6.45, 7) is 8.76. The first-order valence-electron chi connectivity index (χ1n) is 7.38. The van der Waals surface area contributed by atoms with Crippen LogP contribution in [0.1, 0.15) is 37.8 Å². The molecule has 0 spiro atoms. The number of hydrogen-bond acceptors (Lipinski definition) is 6. The van der Waals surface area contributed by atoms with Gasteiger partial charge in [0.1, 0.15) is 11.6 Å². The van der Waals surface area contributed by atoms with Gasteiger partial charge in [-0.05, 0) is 19.3 Å². The number of nitrogens with zero attached hydrogens (tertiary/aromatic N) is 4. The van der Waals surface area contributed by atoms with E-state index in [0.717, 1.165) is 29.0 Å². The summed E-state index contributed by atoms with van der Waals surface area (Å²) in [5.74, 6) is 2.33. The molecule has 0 aliphatic carbocycles. The van der Waals surface area contributed by atoms with Gasteiger partial charge in [0, 0.05) is 30.7 Å². The minimum absolute atomic E-state index is 0.436. The maximum atomic E-state index is 4.63. The molecule has 3 heterocycles. The second-order valence-corrected chi connectivity index (χ2v) is 6.78. The van der Waals surface area contributed by atoms with Crippen LogP contribution in [0.3, 0.4) is 0 Å². The monoisotopic (exact) mass is 303 g/mol. The Hall–Kier alpha value is -1.53. The molecule has 1 atom stereocenters. The van der Waals surface area contributed by atoms with Crippen LogP contribution in [-0.2, 0) is 0 Å². The number of aryl methyl sites for hydroxylation is 1. The van der Waals surface area contributed by atoms with Crippen LogP contribution in [0.5, 0.6) is 0 Å². The molecule has 1 N–H and O–H groups in total. The van der Waals surface area contributed by atoms with Crippen LogP contribution in [0.4, 0.5) is 10.9 Å². The summed E-state index contributed by atoms with van der Waals surface area (Å²) in [7, 11) is 0. The lowest BCUT2D eigenvalue weighted by Crippen LogP contribution is -2.43. The molecule has 112 valence electrons. The number of hydrogen-bond donors (Lipinski definition) is 1. The standard InChI is InChI=1S/C15H21N5S/c1-10(2)9-20-6-4-13(20)12-8-14(18-11(3)17-12)19-15-16-5-7-21-15/h5,7-8,10,13H,4,6,9H2,1-3H3,(H,16,17,18,19). The molecule has 1 fully saturated rings. The SMILES string of the molecule is Cc1nc(Nc2nccs2)cc(C2CCN2CC(C)C)n1. The van der Waals surface area contributed by atoms with Crippen molar-refractivity contribution in [3.8, 4) is 0 Å². The van der Waals surface area contributed by atoms with E-state index in [4.69, 9.17) is 0 Å². The van der Waals surface area contributed by atoms with E-state index in [9.17, 15) is 0 Å². The molecule has 6 heteroatoms. The summed E-state index contributed by atoms with van der Waals surface area (Å²) >= 11 is 1.57. The van der Waals surface area contributed by atoms with Crippen molar-refractivity contribution >= 4 is 22.3 Å². The molecule has 0 radical (unpaired) electrons. The lowest BCUT2D eigenvalue weighted by molar-refractivity contribution is 0.0736. The van der Waals surface area contributed by atoms with E-state index in [0.29, 0.717) is 12.0 Å². The van der Waals surface area contributed by atoms with Gasteiger partial charge >= 0.3 is 0 Å². The maximum Gasteiger partial charge on any atom is 0.188 e. The molecule has 5 nitrogen and oxygen atoms in total. The first-order chi connectivity index (χ1) is 10.1. The average Bonchev–Trinajstić information content (AvgIpc) is 2.86. The molecule has 1 unspecified atom stereocenters. The quantitative estimate of drug-likeness (QED) is 0.917. The molecular formula is C15H21N5S. The largest absolute Gasteiger partial charge is 0.316 e. The molecule has 2 aromatic rings. The third-order valence-electron chi connectivity index (χ3n) is 3.60. The van der Waals surface area contributed by atoms with Gasteiger partial charge in [-0.2, -0.15) is 0 Å². The number of aromatic nitrogens is 3. The minimum Gasteiger partial charge on any atom is -0.316 e. The highest BCUT2D eigenvalue weighted by Crippen LogP contribution is 2.33. The topological polar surface area (TPSA) is 53.9 Å². The Kier molecular flexibility index (Phi) is 4.17. The number of nitrogens with one attached hydrogen (secondary N) is 1. The Balaban J connectivity index is 1.78. The molecular weight excluding hydrogens is 282 g/mol. The molecule has 21 heavy (non-hydrogen) atoms. The summed E-state index contributed by atoms with van der Waals surface area (Å²) in [6, 6.07) is 2.50. The van der Waals surface area contributed by atoms with Crippen molar-refractivity contribution in [3.63, 3.8) is 0 Å². The molecule has 0 bridgehead atoms. The van der Waals surface area contributed by atoms with Crippen molar-refractivity contribution in [3.05, 3.63) is 29.2 Å². The van der Waals surface area contributed by atoms with E-state index >= 15 is 0 Å². The Morgan fingerprint density at radius 1 is 1.43 bits per heavy atom. The van der Waals surface area contributed by atoms with Crippen molar-refractivity contribution in [2.75, 3.05) is 18.4 Å². The van der Waals surface area contributed by atoms with Crippen LogP contribution in [0.2, 0.25) is 0 Å². The van der Waals surface area contributed by atoms with Gasteiger partial charge in [-0.3, -0.25) is 4.90 Å². The first kappa shape index (κ1) is 14.4. The van der Waals surface area contributed by atoms with Crippen LogP contribution in [-0.4, -0.2) is 32.9 Å². The normalized spacial score (nSPS) is 18.8. The summed E-state index contributed by atoms with van der Waals surface area (Å²) in [5, 5.41) is 6.08. The van der Waals surface area contributed by atoms with Gasteiger partial charge in [-0.1, -0.05) is 13.8 Å². The van der Waals surface area contributed by atoms with E-state index in [1.165, 1.54) is 13.0 Å². The third-order valence-corrected chi connectivity index (χ3v) is 4.29. The van der Waals surface area contributed by atoms with Crippen molar-refractivity contribution in [1.29, 1.82) is 0 Å². The summed E-state index contributed by atoms with van der Waals surface area (Å²) in [6.07, 6.45) is 2.97. The summed E-state index contributed by atoms with van der Waals surface area (Å²) in [4.78, 5) is 15.8. The molecule has 2 aromatic heterocycles. The number of rotatable bonds is 5. The molecule has 0 saturated carbocycles. The zero-order valence-corrected chi connectivity index (χ0v) is 13.5. The third kappa shape index (κ3) is 3.39. The Morgan fingerprint density at radius 2 is 2.29 bits per heavy atom. The van der Waals surface area contributed by atoms with Gasteiger partial charge in [0.25, 0.3) is 0 Å². The summed E-state index contributed by atoms with van der Waals surface area (Å²) < 4.78 is 0. The zero-order chi connectivity index (χ0) is 14.8. The van der Waals surface area contributed by atoms with Gasteiger partial charge in [0.15, 0.2) is 5.13 Å². The van der Waals surface area contributed by atoms with E-state index in [2.05, 4.69) is 45.1 Å². The smallest absolute Gasteiger partial charge is 0.188 e. The highest BCUT2D eigenvalue weighted by Gasteiger charge is 2.31. The van der Waals surface area contributed by atoms with Gasteiger partial charge in [-0.15, -0.1) is 11.3 Å². The fourth-order valence-electron chi connectivity index (χ4n) is 2.68. The Labute approximate surface area is 129 Å². The van der Waals surface area contributed by atoms with Crippen LogP contribution in [0, 0.1) is 12.8 Å². The lowest BCUT2D eigenvalue weighted by atomic mass is 9.97. The van der Waals surface area contributed by atoms with Gasteiger partial charge in [0.05, 0.1) is 11.7 Å². The molecule has 0 aromatic carbocycles. The van der Waals surface area contributed by atoms with Crippen LogP contribution < -0.4 is 5.32 Å². The number of thiazole rings is 1. The lowest BCUT2D eigenvalue weighted by Gasteiger charge is -2.41. The highest BCUT2D eigenvalue weighted by molar-refractivity contribution is 7.13.